The van der Waals surface area contributed by atoms with Gasteiger partial charge in [-0.05, 0) is 19.4 Å². The molecule has 3 nitrogen and oxygen atoms in total. The third-order valence-corrected chi connectivity index (χ3v) is 3.94. The highest BCUT2D eigenvalue weighted by atomic mass is 32.2. The van der Waals surface area contributed by atoms with Crippen molar-refractivity contribution in [2.45, 2.75) is 29.6 Å². The van der Waals surface area contributed by atoms with Crippen LogP contribution < -0.4 is 5.73 Å². The summed E-state index contributed by atoms with van der Waals surface area (Å²) in [4.78, 5) is 5.08. The molecule has 0 aliphatic carbocycles. The average Bonchev–Trinajstić information content (AvgIpc) is 2.56. The van der Waals surface area contributed by atoms with Crippen molar-refractivity contribution in [3.63, 3.8) is 0 Å². The Kier molecular flexibility index (Phi) is 2.93. The zero-order chi connectivity index (χ0) is 9.97. The van der Waals surface area contributed by atoms with Crippen molar-refractivity contribution in [1.29, 1.82) is 0 Å². The van der Waals surface area contributed by atoms with Crippen LogP contribution in [-0.2, 0) is 4.74 Å². The molecule has 4 heteroatoms. The summed E-state index contributed by atoms with van der Waals surface area (Å²) >= 11 is 1.80. The molecule has 2 unspecified atom stereocenters. The second-order valence-electron chi connectivity index (χ2n) is 3.43. The van der Waals surface area contributed by atoms with E-state index in [9.17, 15) is 0 Å². The van der Waals surface area contributed by atoms with Crippen LogP contribution in [-0.4, -0.2) is 22.9 Å². The molecule has 0 saturated carbocycles. The van der Waals surface area contributed by atoms with Gasteiger partial charge in [0, 0.05) is 22.9 Å². The second kappa shape index (κ2) is 4.19. The van der Waals surface area contributed by atoms with Crippen LogP contribution in [0, 0.1) is 0 Å². The number of pyridine rings is 1. The molecule has 0 aromatic carbocycles. The van der Waals surface area contributed by atoms with Gasteiger partial charge in [-0.3, -0.25) is 4.98 Å². The van der Waals surface area contributed by atoms with Gasteiger partial charge in [0.2, 0.25) is 0 Å². The number of nitrogen functional groups attached to an aromatic ring is 1. The lowest BCUT2D eigenvalue weighted by Gasteiger charge is -2.14. The first-order chi connectivity index (χ1) is 6.77. The standard InChI is InChI=1S/C10H14N2OS/c1-7-9(3-5-13-7)14-10-2-4-12-6-8(10)11/h2,4,6-7,9H,3,5,11H2,1H3. The normalized spacial score (nSPS) is 26.6. The van der Waals surface area contributed by atoms with Crippen molar-refractivity contribution >= 4 is 17.4 Å². The Balaban J connectivity index is 2.07. The number of thioether (sulfide) groups is 1. The van der Waals surface area contributed by atoms with E-state index in [0.29, 0.717) is 11.4 Å². The molecule has 0 amide bonds. The maximum atomic E-state index is 5.82. The fourth-order valence-corrected chi connectivity index (χ4v) is 2.67. The lowest BCUT2D eigenvalue weighted by atomic mass is 10.3. The first-order valence-electron chi connectivity index (χ1n) is 4.75. The predicted octanol–water partition coefficient (Wildman–Crippen LogP) is 1.93. The van der Waals surface area contributed by atoms with Gasteiger partial charge in [-0.15, -0.1) is 11.8 Å². The molecule has 1 fully saturated rings. The lowest BCUT2D eigenvalue weighted by Crippen LogP contribution is -2.13. The van der Waals surface area contributed by atoms with E-state index in [4.69, 9.17) is 10.5 Å². The molecule has 1 aliphatic heterocycles. The summed E-state index contributed by atoms with van der Waals surface area (Å²) in [6, 6.07) is 1.96. The van der Waals surface area contributed by atoms with Crippen LogP contribution >= 0.6 is 11.8 Å². The van der Waals surface area contributed by atoms with Crippen LogP contribution in [0.2, 0.25) is 0 Å². The molecule has 1 saturated heterocycles. The number of nitrogens with two attached hydrogens (primary N) is 1. The summed E-state index contributed by atoms with van der Waals surface area (Å²) in [7, 11) is 0. The Morgan fingerprint density at radius 2 is 2.50 bits per heavy atom. The molecule has 1 aromatic heterocycles. The van der Waals surface area contributed by atoms with E-state index in [1.807, 2.05) is 6.07 Å². The first kappa shape index (κ1) is 9.80. The molecule has 14 heavy (non-hydrogen) atoms. The van der Waals surface area contributed by atoms with Gasteiger partial charge in [-0.2, -0.15) is 0 Å². The average molecular weight is 210 g/mol. The summed E-state index contributed by atoms with van der Waals surface area (Å²) < 4.78 is 5.50. The minimum atomic E-state index is 0.326. The van der Waals surface area contributed by atoms with Crippen LogP contribution in [0.5, 0.6) is 0 Å². The number of anilines is 1. The summed E-state index contributed by atoms with van der Waals surface area (Å²) in [5, 5.41) is 0.527. The molecule has 0 bridgehead atoms. The molecule has 0 radical (unpaired) electrons. The lowest BCUT2D eigenvalue weighted by molar-refractivity contribution is 0.127. The van der Waals surface area contributed by atoms with Gasteiger partial charge in [0.1, 0.15) is 0 Å². The highest BCUT2D eigenvalue weighted by molar-refractivity contribution is 8.00. The van der Waals surface area contributed by atoms with E-state index in [2.05, 4.69) is 11.9 Å². The van der Waals surface area contributed by atoms with Gasteiger partial charge >= 0.3 is 0 Å². The maximum absolute atomic E-state index is 5.82. The van der Waals surface area contributed by atoms with Crippen molar-refractivity contribution in [3.05, 3.63) is 18.5 Å². The number of rotatable bonds is 2. The molecular formula is C10H14N2OS. The zero-order valence-electron chi connectivity index (χ0n) is 8.14. The smallest absolute Gasteiger partial charge is 0.0669 e. The number of ether oxygens (including phenoxy) is 1. The second-order valence-corrected chi connectivity index (χ2v) is 4.72. The highest BCUT2D eigenvalue weighted by Crippen LogP contribution is 2.34. The Morgan fingerprint density at radius 3 is 3.14 bits per heavy atom. The number of nitrogens with zero attached hydrogens (tertiary/aromatic N) is 1. The van der Waals surface area contributed by atoms with Gasteiger partial charge in [0.15, 0.2) is 0 Å². The Labute approximate surface area is 88.0 Å². The number of hydrogen-bond donors (Lipinski definition) is 1. The molecular weight excluding hydrogens is 196 g/mol. The molecule has 1 aliphatic rings. The maximum Gasteiger partial charge on any atom is 0.0669 e. The third-order valence-electron chi connectivity index (χ3n) is 2.40. The third kappa shape index (κ3) is 2.01. The monoisotopic (exact) mass is 210 g/mol. The van der Waals surface area contributed by atoms with Crippen LogP contribution in [0.3, 0.4) is 0 Å². The highest BCUT2D eigenvalue weighted by Gasteiger charge is 2.25. The van der Waals surface area contributed by atoms with Crippen LogP contribution in [0.1, 0.15) is 13.3 Å². The van der Waals surface area contributed by atoms with Crippen LogP contribution in [0.25, 0.3) is 0 Å². The van der Waals surface area contributed by atoms with E-state index in [1.54, 1.807) is 24.2 Å². The van der Waals surface area contributed by atoms with Gasteiger partial charge in [-0.1, -0.05) is 0 Å². The summed E-state index contributed by atoms with van der Waals surface area (Å²) in [5.74, 6) is 0. The molecule has 2 rings (SSSR count). The van der Waals surface area contributed by atoms with Gasteiger partial charge in [0.25, 0.3) is 0 Å². The largest absolute Gasteiger partial charge is 0.397 e. The fourth-order valence-electron chi connectivity index (χ4n) is 1.53. The molecule has 76 valence electrons. The van der Waals surface area contributed by atoms with Crippen molar-refractivity contribution in [2.24, 2.45) is 0 Å². The molecule has 2 atom stereocenters. The molecule has 1 aromatic rings. The van der Waals surface area contributed by atoms with Crippen molar-refractivity contribution in [3.8, 4) is 0 Å². The molecule has 2 N–H and O–H groups in total. The summed E-state index contributed by atoms with van der Waals surface area (Å²) in [6.07, 6.45) is 4.91. The van der Waals surface area contributed by atoms with E-state index < -0.39 is 0 Å². The Hall–Kier alpha value is -0.740. The molecule has 2 heterocycles. The van der Waals surface area contributed by atoms with Crippen LogP contribution in [0.15, 0.2) is 23.4 Å². The van der Waals surface area contributed by atoms with Crippen molar-refractivity contribution < 1.29 is 4.74 Å². The SMILES string of the molecule is CC1OCCC1Sc1ccncc1N. The van der Waals surface area contributed by atoms with E-state index in [1.165, 1.54) is 0 Å². The quantitative estimate of drug-likeness (QED) is 0.810. The van der Waals surface area contributed by atoms with E-state index in [-0.39, 0.29) is 0 Å². The zero-order valence-corrected chi connectivity index (χ0v) is 8.96. The predicted molar refractivity (Wildman–Crippen MR) is 58.3 cm³/mol. The van der Waals surface area contributed by atoms with E-state index in [0.717, 1.165) is 23.6 Å². The summed E-state index contributed by atoms with van der Waals surface area (Å²) in [5.41, 5.74) is 6.58. The Bertz CT molecular complexity index is 319. The first-order valence-corrected chi connectivity index (χ1v) is 5.63. The summed E-state index contributed by atoms with van der Waals surface area (Å²) in [6.45, 7) is 2.98. The number of aromatic nitrogens is 1. The van der Waals surface area contributed by atoms with Crippen molar-refractivity contribution in [2.75, 3.05) is 12.3 Å². The fraction of sp³-hybridized carbons (Fsp3) is 0.500. The van der Waals surface area contributed by atoms with E-state index >= 15 is 0 Å². The van der Waals surface area contributed by atoms with Crippen LogP contribution in [0.4, 0.5) is 5.69 Å². The number of hydrogen-bond acceptors (Lipinski definition) is 4. The Morgan fingerprint density at radius 1 is 1.64 bits per heavy atom. The van der Waals surface area contributed by atoms with Gasteiger partial charge in [0.05, 0.1) is 18.0 Å². The minimum absolute atomic E-state index is 0.326. The van der Waals surface area contributed by atoms with Gasteiger partial charge < -0.3 is 10.5 Å². The van der Waals surface area contributed by atoms with Gasteiger partial charge in [-0.25, -0.2) is 0 Å². The topological polar surface area (TPSA) is 48.1 Å². The minimum Gasteiger partial charge on any atom is -0.397 e. The van der Waals surface area contributed by atoms with Crippen molar-refractivity contribution in [1.82, 2.24) is 4.98 Å². The molecule has 0 spiro atoms.